The van der Waals surface area contributed by atoms with Gasteiger partial charge in [-0.1, -0.05) is 18.2 Å². The van der Waals surface area contributed by atoms with E-state index in [9.17, 15) is 14.7 Å². The Labute approximate surface area is 117 Å². The van der Waals surface area contributed by atoms with Gasteiger partial charge < -0.3 is 14.6 Å². The predicted molar refractivity (Wildman–Crippen MR) is 37.1 cm³/mol. The van der Waals surface area contributed by atoms with Gasteiger partial charge in [-0.2, -0.15) is 0 Å². The number of benzene rings is 1. The monoisotopic (exact) mass is 204 g/mol. The van der Waals surface area contributed by atoms with Crippen molar-refractivity contribution >= 4 is 11.9 Å². The Morgan fingerprint density at radius 3 is 2.15 bits per heavy atom. The SMILES string of the molecule is O=C([O-])C(=O)Oc1ccccc1.[K+]. The zero-order valence-electron chi connectivity index (χ0n) is 7.02. The Bertz CT molecular complexity index is 296. The van der Waals surface area contributed by atoms with Crippen LogP contribution in [0.25, 0.3) is 0 Å². The number of hydrogen-bond acceptors (Lipinski definition) is 4. The number of hydrogen-bond donors (Lipinski definition) is 0. The summed E-state index contributed by atoms with van der Waals surface area (Å²) in [5.74, 6) is -3.05. The van der Waals surface area contributed by atoms with Gasteiger partial charge in [-0.3, -0.25) is 0 Å². The van der Waals surface area contributed by atoms with Crippen LogP contribution in [0.4, 0.5) is 0 Å². The summed E-state index contributed by atoms with van der Waals surface area (Å²) >= 11 is 0. The molecule has 0 N–H and O–H groups in total. The number of esters is 1. The third kappa shape index (κ3) is 4.54. The number of carboxylic acids is 1. The largest absolute Gasteiger partial charge is 1.00 e. The summed E-state index contributed by atoms with van der Waals surface area (Å²) in [7, 11) is 0. The van der Waals surface area contributed by atoms with Crippen LogP contribution in [0.5, 0.6) is 5.75 Å². The summed E-state index contributed by atoms with van der Waals surface area (Å²) in [6.45, 7) is 0. The first-order valence-electron chi connectivity index (χ1n) is 3.18. The van der Waals surface area contributed by atoms with Crippen molar-refractivity contribution < 1.29 is 70.8 Å². The fourth-order valence-corrected chi connectivity index (χ4v) is 0.637. The van der Waals surface area contributed by atoms with Crippen LogP contribution in [0.15, 0.2) is 30.3 Å². The Morgan fingerprint density at radius 2 is 1.69 bits per heavy atom. The van der Waals surface area contributed by atoms with Gasteiger partial charge >= 0.3 is 57.4 Å². The molecule has 0 aliphatic heterocycles. The predicted octanol–water partition coefficient (Wildman–Crippen LogP) is -3.65. The minimum Gasteiger partial charge on any atom is -0.539 e. The number of aliphatic carboxylic acids is 1. The molecule has 0 aliphatic carbocycles. The zero-order valence-corrected chi connectivity index (χ0v) is 10.1. The Balaban J connectivity index is 0.00000144. The van der Waals surface area contributed by atoms with E-state index in [4.69, 9.17) is 0 Å². The first kappa shape index (κ1) is 12.8. The van der Waals surface area contributed by atoms with Crippen LogP contribution in [0.1, 0.15) is 0 Å². The second kappa shape index (κ2) is 6.28. The van der Waals surface area contributed by atoms with Crippen LogP contribution >= 0.6 is 0 Å². The van der Waals surface area contributed by atoms with Crippen LogP contribution in [0.3, 0.4) is 0 Å². The second-order valence-corrected chi connectivity index (χ2v) is 1.99. The molecule has 0 unspecified atom stereocenters. The topological polar surface area (TPSA) is 66.4 Å². The fourth-order valence-electron chi connectivity index (χ4n) is 0.637. The molecule has 0 radical (unpaired) electrons. The number of ether oxygens (including phenoxy) is 1. The molecular weight excluding hydrogens is 199 g/mol. The molecule has 0 saturated carbocycles. The molecule has 0 atom stereocenters. The van der Waals surface area contributed by atoms with E-state index in [1.54, 1.807) is 18.2 Å². The zero-order chi connectivity index (χ0) is 8.97. The van der Waals surface area contributed by atoms with E-state index in [1.807, 2.05) is 0 Å². The Morgan fingerprint density at radius 1 is 1.15 bits per heavy atom. The quantitative estimate of drug-likeness (QED) is 0.205. The normalized spacial score (nSPS) is 8.31. The molecule has 1 aromatic rings. The Hall–Kier alpha value is -0.204. The average molecular weight is 204 g/mol. The summed E-state index contributed by atoms with van der Waals surface area (Å²) in [4.78, 5) is 20.3. The smallest absolute Gasteiger partial charge is 0.539 e. The molecule has 4 nitrogen and oxygen atoms in total. The first-order valence-corrected chi connectivity index (χ1v) is 3.18. The third-order valence-electron chi connectivity index (χ3n) is 1.12. The number of para-hydroxylation sites is 1. The van der Waals surface area contributed by atoms with Gasteiger partial charge in [0.15, 0.2) is 5.97 Å². The molecule has 1 aromatic carbocycles. The van der Waals surface area contributed by atoms with Crippen LogP contribution in [-0.4, -0.2) is 11.9 Å². The molecule has 0 heterocycles. The summed E-state index contributed by atoms with van der Waals surface area (Å²) in [5, 5.41) is 9.92. The van der Waals surface area contributed by atoms with Gasteiger partial charge in [0.2, 0.25) is 0 Å². The third-order valence-corrected chi connectivity index (χ3v) is 1.12. The van der Waals surface area contributed by atoms with Crippen LogP contribution in [-0.2, 0) is 9.59 Å². The van der Waals surface area contributed by atoms with Crippen molar-refractivity contribution in [2.45, 2.75) is 0 Å². The molecule has 0 saturated heterocycles. The molecule has 62 valence electrons. The Kier molecular flexibility index (Phi) is 6.18. The molecule has 0 aromatic heterocycles. The van der Waals surface area contributed by atoms with Gasteiger partial charge in [-0.05, 0) is 12.1 Å². The van der Waals surface area contributed by atoms with Crippen molar-refractivity contribution in [2.75, 3.05) is 0 Å². The van der Waals surface area contributed by atoms with E-state index >= 15 is 0 Å². The molecule has 0 fully saturated rings. The van der Waals surface area contributed by atoms with Crippen LogP contribution in [0, 0.1) is 0 Å². The molecule has 13 heavy (non-hydrogen) atoms. The number of carboxylic acid groups (broad SMARTS) is 1. The minimum atomic E-state index is -1.85. The van der Waals surface area contributed by atoms with Gasteiger partial charge in [0.1, 0.15) is 5.75 Å². The molecule has 0 spiro atoms. The maximum Gasteiger partial charge on any atom is 1.00 e. The number of rotatable bonds is 1. The number of carbonyl (C=O) groups excluding carboxylic acids is 2. The van der Waals surface area contributed by atoms with E-state index in [2.05, 4.69) is 4.74 Å². The molecular formula is C8H5KO4. The van der Waals surface area contributed by atoms with Crippen LogP contribution < -0.4 is 61.2 Å². The van der Waals surface area contributed by atoms with Crippen LogP contribution in [0.2, 0.25) is 0 Å². The van der Waals surface area contributed by atoms with E-state index in [-0.39, 0.29) is 57.1 Å². The van der Waals surface area contributed by atoms with Crippen molar-refractivity contribution in [3.05, 3.63) is 30.3 Å². The first-order chi connectivity index (χ1) is 5.70. The maximum absolute atomic E-state index is 10.4. The van der Waals surface area contributed by atoms with E-state index in [1.165, 1.54) is 12.1 Å². The summed E-state index contributed by atoms with van der Waals surface area (Å²) in [6, 6.07) is 7.91. The molecule has 5 heteroatoms. The second-order valence-electron chi connectivity index (χ2n) is 1.99. The van der Waals surface area contributed by atoms with Crippen molar-refractivity contribution in [2.24, 2.45) is 0 Å². The van der Waals surface area contributed by atoms with E-state index in [0.29, 0.717) is 0 Å². The van der Waals surface area contributed by atoms with Gasteiger partial charge in [0.25, 0.3) is 0 Å². The van der Waals surface area contributed by atoms with Crippen molar-refractivity contribution in [1.82, 2.24) is 0 Å². The van der Waals surface area contributed by atoms with Crippen molar-refractivity contribution in [3.63, 3.8) is 0 Å². The summed E-state index contributed by atoms with van der Waals surface area (Å²) in [6.07, 6.45) is 0. The fraction of sp³-hybridized carbons (Fsp3) is 0. The van der Waals surface area contributed by atoms with Crippen molar-refractivity contribution in [3.8, 4) is 5.75 Å². The molecule has 0 aliphatic rings. The van der Waals surface area contributed by atoms with E-state index < -0.39 is 11.9 Å². The molecule has 0 bridgehead atoms. The minimum absolute atomic E-state index is 0. The number of carbonyl (C=O) groups is 2. The van der Waals surface area contributed by atoms with Crippen molar-refractivity contribution in [1.29, 1.82) is 0 Å². The van der Waals surface area contributed by atoms with Gasteiger partial charge in [0.05, 0.1) is 0 Å². The van der Waals surface area contributed by atoms with Gasteiger partial charge in [-0.15, -0.1) is 0 Å². The summed E-state index contributed by atoms with van der Waals surface area (Å²) in [5.41, 5.74) is 0. The molecule has 0 amide bonds. The van der Waals surface area contributed by atoms with Gasteiger partial charge in [-0.25, -0.2) is 4.79 Å². The maximum atomic E-state index is 10.4. The molecule has 1 rings (SSSR count). The standard InChI is InChI=1S/C8H6O4.K/c9-7(10)8(11)12-6-4-2-1-3-5-6;/h1-5H,(H,9,10);/q;+1/p-1. The summed E-state index contributed by atoms with van der Waals surface area (Å²) < 4.78 is 4.37. The van der Waals surface area contributed by atoms with E-state index in [0.717, 1.165) is 0 Å². The van der Waals surface area contributed by atoms with Gasteiger partial charge in [0, 0.05) is 0 Å². The average Bonchev–Trinajstić information content (AvgIpc) is 2.06.